The molecule has 0 unspecified atom stereocenters. The number of aryl methyl sites for hydroxylation is 3. The van der Waals surface area contributed by atoms with Crippen LogP contribution in [0.2, 0.25) is 0 Å². The molecule has 0 aliphatic heterocycles. The molecule has 0 saturated carbocycles. The van der Waals surface area contributed by atoms with Crippen LogP contribution in [0.15, 0.2) is 6.33 Å². The molecule has 7 heteroatoms. The van der Waals surface area contributed by atoms with Crippen molar-refractivity contribution in [2.75, 3.05) is 5.32 Å². The molecule has 0 aliphatic rings. The minimum Gasteiger partial charge on any atom is -0.346 e. The first-order valence-corrected chi connectivity index (χ1v) is 6.61. The van der Waals surface area contributed by atoms with E-state index in [-0.39, 0.29) is 0 Å². The van der Waals surface area contributed by atoms with E-state index in [4.69, 9.17) is 0 Å². The van der Waals surface area contributed by atoms with Crippen LogP contribution in [0.25, 0.3) is 0 Å². The maximum Gasteiger partial charge on any atom is 0.243 e. The molecular weight excluding hydrogens is 242 g/mol. The highest BCUT2D eigenvalue weighted by molar-refractivity contribution is 5.26. The van der Waals surface area contributed by atoms with Crippen LogP contribution >= 0.6 is 0 Å². The molecule has 7 nitrogen and oxygen atoms in total. The van der Waals surface area contributed by atoms with Gasteiger partial charge in [0, 0.05) is 6.54 Å². The van der Waals surface area contributed by atoms with Gasteiger partial charge in [-0.15, -0.1) is 15.3 Å². The molecule has 102 valence electrons. The Kier molecular flexibility index (Phi) is 4.38. The smallest absolute Gasteiger partial charge is 0.243 e. The van der Waals surface area contributed by atoms with Crippen molar-refractivity contribution in [1.82, 2.24) is 29.9 Å². The fourth-order valence-electron chi connectivity index (χ4n) is 1.85. The van der Waals surface area contributed by atoms with Crippen molar-refractivity contribution >= 4 is 5.95 Å². The van der Waals surface area contributed by atoms with E-state index in [1.807, 2.05) is 4.57 Å². The van der Waals surface area contributed by atoms with Crippen molar-refractivity contribution in [2.24, 2.45) is 0 Å². The summed E-state index contributed by atoms with van der Waals surface area (Å²) >= 11 is 0. The Labute approximate surface area is 112 Å². The van der Waals surface area contributed by atoms with Crippen molar-refractivity contribution in [1.29, 1.82) is 0 Å². The van der Waals surface area contributed by atoms with Gasteiger partial charge in [-0.05, 0) is 19.8 Å². The number of hydrogen-bond acceptors (Lipinski definition) is 6. The molecule has 1 N–H and O–H groups in total. The predicted octanol–water partition coefficient (Wildman–Crippen LogP) is 1.22. The zero-order valence-corrected chi connectivity index (χ0v) is 11.6. The van der Waals surface area contributed by atoms with E-state index in [1.54, 1.807) is 6.33 Å². The quantitative estimate of drug-likeness (QED) is 0.842. The molecule has 0 amide bonds. The summed E-state index contributed by atoms with van der Waals surface area (Å²) in [6.07, 6.45) is 3.43. The van der Waals surface area contributed by atoms with Gasteiger partial charge in [-0.3, -0.25) is 0 Å². The molecule has 0 saturated heterocycles. The normalized spacial score (nSPS) is 10.7. The first-order chi connectivity index (χ1) is 9.28. The highest BCUT2D eigenvalue weighted by Crippen LogP contribution is 2.07. The first kappa shape index (κ1) is 13.4. The van der Waals surface area contributed by atoms with Gasteiger partial charge in [0.2, 0.25) is 5.95 Å². The molecule has 2 aromatic heterocycles. The topological polar surface area (TPSA) is 81.4 Å². The van der Waals surface area contributed by atoms with Gasteiger partial charge in [0.15, 0.2) is 5.82 Å². The number of hydrogen-bond donors (Lipinski definition) is 1. The summed E-state index contributed by atoms with van der Waals surface area (Å²) in [5, 5.41) is 19.4. The molecule has 19 heavy (non-hydrogen) atoms. The molecule has 0 spiro atoms. The fourth-order valence-corrected chi connectivity index (χ4v) is 1.85. The van der Waals surface area contributed by atoms with E-state index < -0.39 is 0 Å². The maximum atomic E-state index is 4.47. The summed E-state index contributed by atoms with van der Waals surface area (Å²) in [4.78, 5) is 4.47. The van der Waals surface area contributed by atoms with Crippen molar-refractivity contribution in [2.45, 2.75) is 46.7 Å². The van der Waals surface area contributed by atoms with Gasteiger partial charge >= 0.3 is 0 Å². The Morgan fingerprint density at radius 3 is 2.53 bits per heavy atom. The van der Waals surface area contributed by atoms with Crippen molar-refractivity contribution in [3.05, 3.63) is 23.5 Å². The maximum absolute atomic E-state index is 4.47. The Morgan fingerprint density at radius 1 is 1.05 bits per heavy atom. The monoisotopic (exact) mass is 261 g/mol. The van der Waals surface area contributed by atoms with E-state index in [1.165, 1.54) is 0 Å². The van der Waals surface area contributed by atoms with E-state index in [0.29, 0.717) is 12.5 Å². The van der Waals surface area contributed by atoms with Gasteiger partial charge in [-0.2, -0.15) is 5.10 Å². The second-order valence-corrected chi connectivity index (χ2v) is 4.12. The molecule has 0 aromatic carbocycles. The first-order valence-electron chi connectivity index (χ1n) is 6.61. The number of anilines is 1. The Hall–Kier alpha value is -2.05. The molecule has 2 aromatic rings. The van der Waals surface area contributed by atoms with Gasteiger partial charge in [-0.1, -0.05) is 13.8 Å². The third-order valence-corrected chi connectivity index (χ3v) is 2.95. The van der Waals surface area contributed by atoms with E-state index in [2.05, 4.69) is 51.5 Å². The summed E-state index contributed by atoms with van der Waals surface area (Å²) in [6, 6.07) is 0. The highest BCUT2D eigenvalue weighted by atomic mass is 15.3. The van der Waals surface area contributed by atoms with Crippen molar-refractivity contribution < 1.29 is 0 Å². The van der Waals surface area contributed by atoms with Crippen LogP contribution in [0.3, 0.4) is 0 Å². The third-order valence-electron chi connectivity index (χ3n) is 2.95. The van der Waals surface area contributed by atoms with Crippen LogP contribution in [-0.2, 0) is 25.9 Å². The van der Waals surface area contributed by atoms with Gasteiger partial charge < -0.3 is 9.88 Å². The lowest BCUT2D eigenvalue weighted by Gasteiger charge is -2.08. The third kappa shape index (κ3) is 3.04. The van der Waals surface area contributed by atoms with Crippen LogP contribution in [-0.4, -0.2) is 29.9 Å². The number of nitrogens with one attached hydrogen (secondary N) is 1. The van der Waals surface area contributed by atoms with Crippen LogP contribution in [0, 0.1) is 0 Å². The molecule has 0 aliphatic carbocycles. The van der Waals surface area contributed by atoms with E-state index >= 15 is 0 Å². The predicted molar refractivity (Wildman–Crippen MR) is 71.6 cm³/mol. The Bertz CT molecular complexity index is 535. The minimum atomic E-state index is 0.541. The molecule has 0 radical (unpaired) electrons. The zero-order chi connectivity index (χ0) is 13.7. The Balaban J connectivity index is 2.07. The lowest BCUT2D eigenvalue weighted by Crippen LogP contribution is -2.12. The molecule has 0 fully saturated rings. The molecule has 2 heterocycles. The van der Waals surface area contributed by atoms with Crippen LogP contribution in [0.4, 0.5) is 5.95 Å². The largest absolute Gasteiger partial charge is 0.346 e. The number of rotatable bonds is 6. The Morgan fingerprint density at radius 2 is 1.84 bits per heavy atom. The fraction of sp³-hybridized carbons (Fsp3) is 0.583. The molecule has 0 bridgehead atoms. The van der Waals surface area contributed by atoms with Gasteiger partial charge in [0.1, 0.15) is 6.33 Å². The molecule has 2 rings (SSSR count). The standard InChI is InChI=1S/C12H19N7/c1-4-9-10(5-2)16-18-12(15-9)13-7-11-17-14-8-19(11)6-3/h8H,4-7H2,1-3H3,(H,13,15,18). The molecule has 0 atom stereocenters. The zero-order valence-electron chi connectivity index (χ0n) is 11.6. The van der Waals surface area contributed by atoms with E-state index in [0.717, 1.165) is 36.6 Å². The minimum absolute atomic E-state index is 0.541. The SMILES string of the molecule is CCc1nnc(NCc2nncn2CC)nc1CC. The number of nitrogens with zero attached hydrogens (tertiary/aromatic N) is 6. The van der Waals surface area contributed by atoms with Crippen molar-refractivity contribution in [3.8, 4) is 0 Å². The lowest BCUT2D eigenvalue weighted by atomic mass is 10.2. The average Bonchev–Trinajstić information content (AvgIpc) is 2.92. The van der Waals surface area contributed by atoms with Crippen LogP contribution in [0.1, 0.15) is 38.0 Å². The summed E-state index contributed by atoms with van der Waals surface area (Å²) < 4.78 is 1.97. The summed E-state index contributed by atoms with van der Waals surface area (Å²) in [7, 11) is 0. The second-order valence-electron chi connectivity index (χ2n) is 4.12. The van der Waals surface area contributed by atoms with Crippen LogP contribution < -0.4 is 5.32 Å². The summed E-state index contributed by atoms with van der Waals surface area (Å²) in [5.74, 6) is 1.41. The summed E-state index contributed by atoms with van der Waals surface area (Å²) in [6.45, 7) is 7.57. The van der Waals surface area contributed by atoms with Gasteiger partial charge in [-0.25, -0.2) is 4.98 Å². The van der Waals surface area contributed by atoms with E-state index in [9.17, 15) is 0 Å². The lowest BCUT2D eigenvalue weighted by molar-refractivity contribution is 0.704. The average molecular weight is 261 g/mol. The van der Waals surface area contributed by atoms with Gasteiger partial charge in [0.05, 0.1) is 17.9 Å². The highest BCUT2D eigenvalue weighted by Gasteiger charge is 2.07. The summed E-state index contributed by atoms with van der Waals surface area (Å²) in [5.41, 5.74) is 1.96. The van der Waals surface area contributed by atoms with Crippen molar-refractivity contribution in [3.63, 3.8) is 0 Å². The number of aromatic nitrogens is 6. The second kappa shape index (κ2) is 6.21. The molecular formula is C12H19N7. The van der Waals surface area contributed by atoms with Crippen LogP contribution in [0.5, 0.6) is 0 Å². The van der Waals surface area contributed by atoms with Gasteiger partial charge in [0.25, 0.3) is 0 Å².